The van der Waals surface area contributed by atoms with E-state index < -0.39 is 0 Å². The number of thiazole rings is 1. The first-order valence-electron chi connectivity index (χ1n) is 6.58. The Labute approximate surface area is 122 Å². The maximum absolute atomic E-state index is 11.7. The third-order valence-electron chi connectivity index (χ3n) is 2.77. The number of hydrogen-bond acceptors (Lipinski definition) is 5. The number of aromatic nitrogens is 1. The van der Waals surface area contributed by atoms with Crippen LogP contribution in [0.3, 0.4) is 0 Å². The number of furan rings is 1. The summed E-state index contributed by atoms with van der Waals surface area (Å²) in [6, 6.07) is 3.89. The van der Waals surface area contributed by atoms with E-state index >= 15 is 0 Å². The SMILES string of the molecule is Cc1ccc(-c2nc(CC(=O)NCCC(C)N)cs2)o1. The molecule has 0 fully saturated rings. The molecule has 2 aromatic rings. The van der Waals surface area contributed by atoms with Gasteiger partial charge in [-0.3, -0.25) is 4.79 Å². The Morgan fingerprint density at radius 2 is 2.35 bits per heavy atom. The van der Waals surface area contributed by atoms with Gasteiger partial charge in [-0.15, -0.1) is 11.3 Å². The van der Waals surface area contributed by atoms with E-state index in [1.54, 1.807) is 0 Å². The molecular weight excluding hydrogens is 274 g/mol. The van der Waals surface area contributed by atoms with Gasteiger partial charge in [0.1, 0.15) is 5.76 Å². The van der Waals surface area contributed by atoms with E-state index in [4.69, 9.17) is 10.2 Å². The van der Waals surface area contributed by atoms with Gasteiger partial charge in [0, 0.05) is 18.0 Å². The quantitative estimate of drug-likeness (QED) is 0.854. The van der Waals surface area contributed by atoms with Crippen molar-refractivity contribution in [2.24, 2.45) is 5.73 Å². The lowest BCUT2D eigenvalue weighted by atomic mass is 10.2. The molecule has 1 unspecified atom stereocenters. The number of amides is 1. The van der Waals surface area contributed by atoms with Crippen LogP contribution in [0.15, 0.2) is 21.9 Å². The monoisotopic (exact) mass is 293 g/mol. The van der Waals surface area contributed by atoms with Crippen molar-refractivity contribution < 1.29 is 9.21 Å². The molecule has 0 aliphatic heterocycles. The lowest BCUT2D eigenvalue weighted by Crippen LogP contribution is -2.30. The Kier molecular flexibility index (Phi) is 4.92. The Hall–Kier alpha value is -1.66. The van der Waals surface area contributed by atoms with Crippen molar-refractivity contribution in [3.63, 3.8) is 0 Å². The maximum atomic E-state index is 11.7. The highest BCUT2D eigenvalue weighted by Gasteiger charge is 2.11. The molecule has 108 valence electrons. The molecule has 0 spiro atoms. The van der Waals surface area contributed by atoms with Gasteiger partial charge in [0.05, 0.1) is 12.1 Å². The molecule has 1 amide bonds. The fourth-order valence-corrected chi connectivity index (χ4v) is 2.50. The van der Waals surface area contributed by atoms with Crippen molar-refractivity contribution in [3.8, 4) is 10.8 Å². The summed E-state index contributed by atoms with van der Waals surface area (Å²) in [5.41, 5.74) is 6.39. The second kappa shape index (κ2) is 6.67. The highest BCUT2D eigenvalue weighted by Crippen LogP contribution is 2.25. The first-order chi connectivity index (χ1) is 9.54. The average Bonchev–Trinajstić information content (AvgIpc) is 2.97. The summed E-state index contributed by atoms with van der Waals surface area (Å²) in [5, 5.41) is 5.53. The number of nitrogens with two attached hydrogens (primary N) is 1. The average molecular weight is 293 g/mol. The summed E-state index contributed by atoms with van der Waals surface area (Å²) in [5.74, 6) is 1.57. The third-order valence-corrected chi connectivity index (χ3v) is 3.67. The zero-order valence-electron chi connectivity index (χ0n) is 11.7. The van der Waals surface area contributed by atoms with Gasteiger partial charge in [-0.25, -0.2) is 4.98 Å². The van der Waals surface area contributed by atoms with E-state index in [-0.39, 0.29) is 18.4 Å². The first-order valence-corrected chi connectivity index (χ1v) is 7.46. The number of nitrogens with one attached hydrogen (secondary N) is 1. The molecule has 0 saturated heterocycles. The summed E-state index contributed by atoms with van der Waals surface area (Å²) in [6.45, 7) is 4.42. The Morgan fingerprint density at radius 3 is 3.00 bits per heavy atom. The molecule has 0 aromatic carbocycles. The van der Waals surface area contributed by atoms with Crippen molar-refractivity contribution in [1.29, 1.82) is 0 Å². The van der Waals surface area contributed by atoms with Crippen LogP contribution >= 0.6 is 11.3 Å². The number of hydrogen-bond donors (Lipinski definition) is 2. The topological polar surface area (TPSA) is 81.2 Å². The molecule has 20 heavy (non-hydrogen) atoms. The number of nitrogens with zero attached hydrogens (tertiary/aromatic N) is 1. The van der Waals surface area contributed by atoms with Gasteiger partial charge in [0.15, 0.2) is 10.8 Å². The van der Waals surface area contributed by atoms with E-state index in [0.717, 1.165) is 28.6 Å². The normalized spacial score (nSPS) is 12.3. The van der Waals surface area contributed by atoms with E-state index in [1.807, 2.05) is 31.4 Å². The van der Waals surface area contributed by atoms with Gasteiger partial charge in [-0.05, 0) is 32.4 Å². The maximum Gasteiger partial charge on any atom is 0.226 e. The largest absolute Gasteiger partial charge is 0.459 e. The van der Waals surface area contributed by atoms with Crippen LogP contribution in [0.4, 0.5) is 0 Å². The Bertz CT molecular complexity index is 574. The Balaban J connectivity index is 1.88. The van der Waals surface area contributed by atoms with Crippen molar-refractivity contribution in [2.45, 2.75) is 32.7 Å². The number of aryl methyl sites for hydroxylation is 1. The smallest absolute Gasteiger partial charge is 0.226 e. The van der Waals surface area contributed by atoms with Gasteiger partial charge in [0.2, 0.25) is 5.91 Å². The van der Waals surface area contributed by atoms with Crippen molar-refractivity contribution in [1.82, 2.24) is 10.3 Å². The van der Waals surface area contributed by atoms with Crippen LogP contribution in [0, 0.1) is 6.92 Å². The van der Waals surface area contributed by atoms with Crippen LogP contribution in [0.25, 0.3) is 10.8 Å². The lowest BCUT2D eigenvalue weighted by molar-refractivity contribution is -0.120. The minimum Gasteiger partial charge on any atom is -0.459 e. The highest BCUT2D eigenvalue weighted by atomic mass is 32.1. The van der Waals surface area contributed by atoms with Crippen LogP contribution in [0.5, 0.6) is 0 Å². The Morgan fingerprint density at radius 1 is 1.55 bits per heavy atom. The zero-order valence-corrected chi connectivity index (χ0v) is 12.5. The summed E-state index contributed by atoms with van der Waals surface area (Å²) in [4.78, 5) is 16.1. The molecule has 5 nitrogen and oxygen atoms in total. The second-order valence-corrected chi connectivity index (χ2v) is 5.71. The molecule has 0 radical (unpaired) electrons. The van der Waals surface area contributed by atoms with E-state index in [9.17, 15) is 4.79 Å². The molecule has 0 aliphatic carbocycles. The van der Waals surface area contributed by atoms with Crippen LogP contribution in [0.1, 0.15) is 24.8 Å². The van der Waals surface area contributed by atoms with Gasteiger partial charge in [-0.1, -0.05) is 0 Å². The highest BCUT2D eigenvalue weighted by molar-refractivity contribution is 7.13. The second-order valence-electron chi connectivity index (χ2n) is 4.85. The third kappa shape index (κ3) is 4.18. The molecule has 0 aliphatic rings. The van der Waals surface area contributed by atoms with Crippen molar-refractivity contribution >= 4 is 17.2 Å². The minimum absolute atomic E-state index is 0.0295. The van der Waals surface area contributed by atoms with Gasteiger partial charge in [0.25, 0.3) is 0 Å². The molecule has 2 aromatic heterocycles. The molecule has 1 atom stereocenters. The number of rotatable bonds is 6. The number of carbonyl (C=O) groups excluding carboxylic acids is 1. The molecule has 0 saturated carbocycles. The predicted octanol–water partition coefficient (Wildman–Crippen LogP) is 2.11. The summed E-state index contributed by atoms with van der Waals surface area (Å²) < 4.78 is 5.51. The fraction of sp³-hybridized carbons (Fsp3) is 0.429. The van der Waals surface area contributed by atoms with Crippen LogP contribution in [-0.2, 0) is 11.2 Å². The lowest BCUT2D eigenvalue weighted by Gasteiger charge is -2.06. The fourth-order valence-electron chi connectivity index (χ4n) is 1.72. The van der Waals surface area contributed by atoms with Crippen LogP contribution in [-0.4, -0.2) is 23.5 Å². The first kappa shape index (κ1) is 14.7. The standard InChI is InChI=1S/C14H19N3O2S/c1-9(15)5-6-16-13(18)7-11-8-20-14(17-11)12-4-3-10(2)19-12/h3-4,8-9H,5-7,15H2,1-2H3,(H,16,18). The van der Waals surface area contributed by atoms with E-state index in [1.165, 1.54) is 11.3 Å². The number of carbonyl (C=O) groups is 1. The molecule has 3 N–H and O–H groups in total. The van der Waals surface area contributed by atoms with Crippen LogP contribution < -0.4 is 11.1 Å². The van der Waals surface area contributed by atoms with Gasteiger partial charge >= 0.3 is 0 Å². The van der Waals surface area contributed by atoms with Crippen LogP contribution in [0.2, 0.25) is 0 Å². The molecule has 6 heteroatoms. The van der Waals surface area contributed by atoms with Crippen molar-refractivity contribution in [3.05, 3.63) is 29.0 Å². The van der Waals surface area contributed by atoms with Gasteiger partial charge in [-0.2, -0.15) is 0 Å². The molecule has 2 rings (SSSR count). The minimum atomic E-state index is -0.0295. The van der Waals surface area contributed by atoms with E-state index in [2.05, 4.69) is 10.3 Å². The molecular formula is C14H19N3O2S. The predicted molar refractivity (Wildman–Crippen MR) is 79.5 cm³/mol. The van der Waals surface area contributed by atoms with Crippen molar-refractivity contribution in [2.75, 3.05) is 6.54 Å². The summed E-state index contributed by atoms with van der Waals surface area (Å²) in [7, 11) is 0. The molecule has 2 heterocycles. The summed E-state index contributed by atoms with van der Waals surface area (Å²) >= 11 is 1.48. The van der Waals surface area contributed by atoms with E-state index in [0.29, 0.717) is 6.54 Å². The summed E-state index contributed by atoms with van der Waals surface area (Å²) in [6.07, 6.45) is 1.06. The zero-order chi connectivity index (χ0) is 14.5. The van der Waals surface area contributed by atoms with Gasteiger partial charge < -0.3 is 15.5 Å². The molecule has 0 bridgehead atoms.